The predicted molar refractivity (Wildman–Crippen MR) is 97.4 cm³/mol. The van der Waals surface area contributed by atoms with E-state index in [2.05, 4.69) is 26.5 Å². The largest absolute Gasteiger partial charge is 0.483 e. The molecule has 1 N–H and O–H groups in total. The van der Waals surface area contributed by atoms with Gasteiger partial charge < -0.3 is 14.2 Å². The molecule has 1 heterocycles. The van der Waals surface area contributed by atoms with E-state index in [-0.39, 0.29) is 19.3 Å². The molecule has 0 atom stereocenters. The third kappa shape index (κ3) is 4.30. The summed E-state index contributed by atoms with van der Waals surface area (Å²) < 4.78 is 17.1. The van der Waals surface area contributed by atoms with Crippen LogP contribution >= 0.6 is 15.9 Å². The maximum absolute atomic E-state index is 11.9. The SMILES string of the molecule is Cc1cc(Br)cc(C)c1OCC(=O)N/N=C/c1ccc2c(c1)OCO2. The number of amides is 1. The van der Waals surface area contributed by atoms with Crippen molar-refractivity contribution in [2.75, 3.05) is 13.4 Å². The number of aryl methyl sites for hydroxylation is 2. The lowest BCUT2D eigenvalue weighted by Crippen LogP contribution is -2.25. The summed E-state index contributed by atoms with van der Waals surface area (Å²) in [6, 6.07) is 9.31. The number of hydrazone groups is 1. The smallest absolute Gasteiger partial charge is 0.277 e. The van der Waals surface area contributed by atoms with E-state index in [0.717, 1.165) is 21.2 Å². The number of nitrogens with one attached hydrogen (secondary N) is 1. The fourth-order valence-electron chi connectivity index (χ4n) is 2.47. The lowest BCUT2D eigenvalue weighted by molar-refractivity contribution is -0.123. The van der Waals surface area contributed by atoms with Crippen LogP contribution in [0.1, 0.15) is 16.7 Å². The highest BCUT2D eigenvalue weighted by atomic mass is 79.9. The van der Waals surface area contributed by atoms with Gasteiger partial charge in [-0.25, -0.2) is 5.43 Å². The van der Waals surface area contributed by atoms with E-state index < -0.39 is 0 Å². The van der Waals surface area contributed by atoms with Crippen LogP contribution in [0.15, 0.2) is 39.9 Å². The van der Waals surface area contributed by atoms with Crippen LogP contribution < -0.4 is 19.6 Å². The summed E-state index contributed by atoms with van der Waals surface area (Å²) in [6.07, 6.45) is 1.54. The fourth-order valence-corrected chi connectivity index (χ4v) is 3.15. The third-order valence-electron chi connectivity index (χ3n) is 3.57. The number of hydrogen-bond acceptors (Lipinski definition) is 5. The van der Waals surface area contributed by atoms with E-state index in [0.29, 0.717) is 17.2 Å². The molecule has 1 amide bonds. The van der Waals surface area contributed by atoms with Gasteiger partial charge in [0.15, 0.2) is 18.1 Å². The summed E-state index contributed by atoms with van der Waals surface area (Å²) in [5, 5.41) is 3.93. The Labute approximate surface area is 153 Å². The highest BCUT2D eigenvalue weighted by Crippen LogP contribution is 2.32. The van der Waals surface area contributed by atoms with Crippen molar-refractivity contribution in [1.82, 2.24) is 5.43 Å². The van der Waals surface area contributed by atoms with Crippen LogP contribution in [0.3, 0.4) is 0 Å². The Morgan fingerprint density at radius 3 is 2.72 bits per heavy atom. The second kappa shape index (κ2) is 7.57. The van der Waals surface area contributed by atoms with Crippen molar-refractivity contribution >= 4 is 28.1 Å². The number of ether oxygens (including phenoxy) is 3. The minimum atomic E-state index is -0.335. The van der Waals surface area contributed by atoms with Gasteiger partial charge in [0.25, 0.3) is 5.91 Å². The first-order valence-corrected chi connectivity index (χ1v) is 8.43. The molecule has 1 aliphatic rings. The first-order chi connectivity index (χ1) is 12.0. The number of fused-ring (bicyclic) bond motifs is 1. The minimum Gasteiger partial charge on any atom is -0.483 e. The lowest BCUT2D eigenvalue weighted by atomic mass is 10.1. The van der Waals surface area contributed by atoms with E-state index in [1.807, 2.05) is 32.0 Å². The zero-order chi connectivity index (χ0) is 17.8. The van der Waals surface area contributed by atoms with Gasteiger partial charge in [0, 0.05) is 4.47 Å². The molecule has 0 aromatic heterocycles. The summed E-state index contributed by atoms with van der Waals surface area (Å²) in [4.78, 5) is 11.9. The van der Waals surface area contributed by atoms with Gasteiger partial charge in [0.05, 0.1) is 6.21 Å². The van der Waals surface area contributed by atoms with Gasteiger partial charge in [-0.2, -0.15) is 5.10 Å². The standard InChI is InChI=1S/C18H17BrN2O4/c1-11-5-14(19)6-12(2)18(11)23-9-17(22)21-20-8-13-3-4-15-16(7-13)25-10-24-15/h3-8H,9-10H2,1-2H3,(H,21,22)/b20-8+. The predicted octanol–water partition coefficient (Wildman–Crippen LogP) is 3.32. The number of nitrogens with zero attached hydrogens (tertiary/aromatic N) is 1. The van der Waals surface area contributed by atoms with Gasteiger partial charge in [-0.1, -0.05) is 15.9 Å². The summed E-state index contributed by atoms with van der Waals surface area (Å²) in [6.45, 7) is 3.98. The molecular formula is C18H17BrN2O4. The Kier molecular flexibility index (Phi) is 5.23. The van der Waals surface area contributed by atoms with Crippen LogP contribution in [0.25, 0.3) is 0 Å². The second-order valence-electron chi connectivity index (χ2n) is 5.56. The van der Waals surface area contributed by atoms with E-state index in [1.165, 1.54) is 6.21 Å². The molecular weight excluding hydrogens is 388 g/mol. The third-order valence-corrected chi connectivity index (χ3v) is 4.03. The molecule has 7 heteroatoms. The van der Waals surface area contributed by atoms with Crippen molar-refractivity contribution < 1.29 is 19.0 Å². The molecule has 25 heavy (non-hydrogen) atoms. The van der Waals surface area contributed by atoms with Crippen molar-refractivity contribution in [3.05, 3.63) is 51.5 Å². The molecule has 0 fully saturated rings. The number of hydrogen-bond donors (Lipinski definition) is 1. The highest BCUT2D eigenvalue weighted by molar-refractivity contribution is 9.10. The van der Waals surface area contributed by atoms with Gasteiger partial charge in [-0.3, -0.25) is 4.79 Å². The van der Waals surface area contributed by atoms with Crippen molar-refractivity contribution in [3.63, 3.8) is 0 Å². The zero-order valence-electron chi connectivity index (χ0n) is 13.8. The van der Waals surface area contributed by atoms with Crippen LogP contribution in [0.2, 0.25) is 0 Å². The van der Waals surface area contributed by atoms with Gasteiger partial charge in [0.1, 0.15) is 5.75 Å². The van der Waals surface area contributed by atoms with Gasteiger partial charge in [-0.05, 0) is 60.9 Å². The highest BCUT2D eigenvalue weighted by Gasteiger charge is 2.12. The minimum absolute atomic E-state index is 0.109. The first kappa shape index (κ1) is 17.3. The topological polar surface area (TPSA) is 69.2 Å². The average molecular weight is 405 g/mol. The molecule has 130 valence electrons. The van der Waals surface area contributed by atoms with E-state index >= 15 is 0 Å². The molecule has 3 rings (SSSR count). The van der Waals surface area contributed by atoms with Crippen molar-refractivity contribution in [2.45, 2.75) is 13.8 Å². The Balaban J connectivity index is 1.53. The Morgan fingerprint density at radius 2 is 1.96 bits per heavy atom. The first-order valence-electron chi connectivity index (χ1n) is 7.64. The molecule has 1 aliphatic heterocycles. The summed E-state index contributed by atoms with van der Waals surface area (Å²) >= 11 is 3.43. The molecule has 0 unspecified atom stereocenters. The fraction of sp³-hybridized carbons (Fsp3) is 0.222. The van der Waals surface area contributed by atoms with Crippen molar-refractivity contribution in [2.24, 2.45) is 5.10 Å². The molecule has 0 radical (unpaired) electrons. The molecule has 0 saturated heterocycles. The van der Waals surface area contributed by atoms with Crippen LogP contribution in [0.4, 0.5) is 0 Å². The number of carbonyl (C=O) groups excluding carboxylic acids is 1. The normalized spacial score (nSPS) is 12.4. The molecule has 2 aromatic rings. The lowest BCUT2D eigenvalue weighted by Gasteiger charge is -2.11. The monoisotopic (exact) mass is 404 g/mol. The Hall–Kier alpha value is -2.54. The number of carbonyl (C=O) groups is 1. The zero-order valence-corrected chi connectivity index (χ0v) is 15.4. The number of rotatable bonds is 5. The average Bonchev–Trinajstić information content (AvgIpc) is 3.01. The summed E-state index contributed by atoms with van der Waals surface area (Å²) in [7, 11) is 0. The molecule has 0 spiro atoms. The summed E-state index contributed by atoms with van der Waals surface area (Å²) in [5.41, 5.74) is 5.16. The maximum atomic E-state index is 11.9. The van der Waals surface area contributed by atoms with E-state index in [9.17, 15) is 4.79 Å². The Morgan fingerprint density at radius 1 is 1.24 bits per heavy atom. The molecule has 0 bridgehead atoms. The van der Waals surface area contributed by atoms with Crippen molar-refractivity contribution in [1.29, 1.82) is 0 Å². The summed E-state index contributed by atoms with van der Waals surface area (Å²) in [5.74, 6) is 1.74. The maximum Gasteiger partial charge on any atom is 0.277 e. The molecule has 0 saturated carbocycles. The van der Waals surface area contributed by atoms with Crippen LogP contribution in [0, 0.1) is 13.8 Å². The van der Waals surface area contributed by atoms with Gasteiger partial charge in [-0.15, -0.1) is 0 Å². The van der Waals surface area contributed by atoms with Crippen LogP contribution in [0.5, 0.6) is 17.2 Å². The Bertz CT molecular complexity index is 813. The van der Waals surface area contributed by atoms with E-state index in [1.54, 1.807) is 12.1 Å². The van der Waals surface area contributed by atoms with Crippen molar-refractivity contribution in [3.8, 4) is 17.2 Å². The number of halogens is 1. The second-order valence-corrected chi connectivity index (χ2v) is 6.48. The number of benzene rings is 2. The van der Waals surface area contributed by atoms with Gasteiger partial charge in [0.2, 0.25) is 6.79 Å². The van der Waals surface area contributed by atoms with Crippen LogP contribution in [-0.4, -0.2) is 25.5 Å². The molecule has 2 aromatic carbocycles. The van der Waals surface area contributed by atoms with Crippen LogP contribution in [-0.2, 0) is 4.79 Å². The van der Waals surface area contributed by atoms with E-state index in [4.69, 9.17) is 14.2 Å². The molecule has 0 aliphatic carbocycles. The van der Waals surface area contributed by atoms with Gasteiger partial charge >= 0.3 is 0 Å². The quantitative estimate of drug-likeness (QED) is 0.612. The molecule has 6 nitrogen and oxygen atoms in total.